The maximum Gasteiger partial charge on any atom is 0.327 e. The zero-order valence-electron chi connectivity index (χ0n) is 10.7. The molecule has 6 nitrogen and oxygen atoms in total. The summed E-state index contributed by atoms with van der Waals surface area (Å²) in [5.41, 5.74) is -1.10. The van der Waals surface area contributed by atoms with Crippen LogP contribution in [-0.2, 0) is 19.7 Å². The van der Waals surface area contributed by atoms with Crippen LogP contribution < -0.4 is 0 Å². The molecule has 0 aliphatic heterocycles. The Bertz CT molecular complexity index is 410. The Labute approximate surface area is 129 Å². The van der Waals surface area contributed by atoms with Gasteiger partial charge in [0.25, 0.3) is 10.1 Å². The van der Waals surface area contributed by atoms with Crippen molar-refractivity contribution in [3.8, 4) is 0 Å². The molecule has 8 heteroatoms. The smallest absolute Gasteiger partial charge is 0.327 e. The molecule has 0 amide bonds. The molecule has 0 saturated heterocycles. The van der Waals surface area contributed by atoms with E-state index in [0.717, 1.165) is 12.2 Å². The van der Waals surface area contributed by atoms with Crippen LogP contribution >= 0.6 is 0 Å². The summed E-state index contributed by atoms with van der Waals surface area (Å²) in [6.45, 7) is 9.06. The standard InChI is InChI=1S/C7H12O4S.C3H4O2.Na/c1-4-6(8)7(2,3)5-12(9,10)11;1-2-3(4)5;/h4H,1,5H2,2-3H3,(H,9,10,11);2H,1H2,(H,4,5);. The van der Waals surface area contributed by atoms with E-state index in [4.69, 9.17) is 9.66 Å². The van der Waals surface area contributed by atoms with Gasteiger partial charge in [-0.1, -0.05) is 27.0 Å². The van der Waals surface area contributed by atoms with Gasteiger partial charge in [0.15, 0.2) is 5.78 Å². The minimum atomic E-state index is -4.11. The first-order valence-electron chi connectivity index (χ1n) is 4.43. The molecular formula is C10H16NaO6S. The van der Waals surface area contributed by atoms with Crippen LogP contribution in [0.15, 0.2) is 25.3 Å². The quantitative estimate of drug-likeness (QED) is 0.434. The summed E-state index contributed by atoms with van der Waals surface area (Å²) in [6, 6.07) is 0. The maximum atomic E-state index is 11.0. The minimum absolute atomic E-state index is 0. The van der Waals surface area contributed by atoms with Gasteiger partial charge in [-0.05, 0) is 6.08 Å². The summed E-state index contributed by atoms with van der Waals surface area (Å²) in [5.74, 6) is -1.96. The molecule has 99 valence electrons. The van der Waals surface area contributed by atoms with E-state index in [-0.39, 0.29) is 29.6 Å². The van der Waals surface area contributed by atoms with Crippen LogP contribution in [0, 0.1) is 5.41 Å². The number of hydrogen-bond acceptors (Lipinski definition) is 4. The number of rotatable bonds is 5. The second kappa shape index (κ2) is 9.46. The molecule has 0 rings (SSSR count). The van der Waals surface area contributed by atoms with Crippen molar-refractivity contribution < 1.29 is 27.7 Å². The molecule has 2 N–H and O–H groups in total. The van der Waals surface area contributed by atoms with Crippen LogP contribution in [0.25, 0.3) is 0 Å². The van der Waals surface area contributed by atoms with Gasteiger partial charge in [0.2, 0.25) is 0 Å². The molecule has 0 fully saturated rings. The number of hydrogen-bond donors (Lipinski definition) is 2. The van der Waals surface area contributed by atoms with E-state index in [1.807, 2.05) is 0 Å². The second-order valence-corrected chi connectivity index (χ2v) is 5.17. The molecule has 0 bridgehead atoms. The summed E-state index contributed by atoms with van der Waals surface area (Å²) in [7, 11) is -4.11. The van der Waals surface area contributed by atoms with Crippen LogP contribution in [-0.4, -0.2) is 65.1 Å². The topological polar surface area (TPSA) is 109 Å². The zero-order chi connectivity index (χ0) is 14.3. The molecule has 0 aromatic heterocycles. The van der Waals surface area contributed by atoms with Gasteiger partial charge in [-0.3, -0.25) is 9.35 Å². The largest absolute Gasteiger partial charge is 0.478 e. The maximum absolute atomic E-state index is 11.0. The molecule has 18 heavy (non-hydrogen) atoms. The van der Waals surface area contributed by atoms with Crippen molar-refractivity contribution in [2.75, 3.05) is 5.75 Å². The molecule has 0 atom stereocenters. The van der Waals surface area contributed by atoms with E-state index in [0.29, 0.717) is 0 Å². The van der Waals surface area contributed by atoms with Gasteiger partial charge in [0.1, 0.15) is 0 Å². The molecule has 0 spiro atoms. The number of carboxylic acid groups (broad SMARTS) is 1. The third-order valence-corrected chi connectivity index (χ3v) is 2.66. The Kier molecular flexibility index (Phi) is 11.9. The number of aliphatic carboxylic acids is 1. The molecule has 0 saturated carbocycles. The van der Waals surface area contributed by atoms with Crippen molar-refractivity contribution in [2.24, 2.45) is 5.41 Å². The summed E-state index contributed by atoms with van der Waals surface area (Å²) in [5, 5.41) is 7.60. The summed E-state index contributed by atoms with van der Waals surface area (Å²) in [6.07, 6.45) is 1.88. The van der Waals surface area contributed by atoms with E-state index in [1.165, 1.54) is 13.8 Å². The molecule has 0 unspecified atom stereocenters. The van der Waals surface area contributed by atoms with Gasteiger partial charge in [-0.2, -0.15) is 8.42 Å². The van der Waals surface area contributed by atoms with Gasteiger partial charge in [0.05, 0.1) is 5.75 Å². The molecule has 0 aliphatic carbocycles. The Morgan fingerprint density at radius 2 is 1.56 bits per heavy atom. The van der Waals surface area contributed by atoms with Crippen LogP contribution in [0.2, 0.25) is 0 Å². The van der Waals surface area contributed by atoms with E-state index in [1.54, 1.807) is 0 Å². The Balaban J connectivity index is -0.000000321. The van der Waals surface area contributed by atoms with Gasteiger partial charge in [-0.15, -0.1) is 0 Å². The molecule has 1 radical (unpaired) electrons. The fourth-order valence-electron chi connectivity index (χ4n) is 0.803. The Morgan fingerprint density at radius 3 is 1.72 bits per heavy atom. The fraction of sp³-hybridized carbons (Fsp3) is 0.400. The van der Waals surface area contributed by atoms with Crippen LogP contribution in [0.3, 0.4) is 0 Å². The van der Waals surface area contributed by atoms with Gasteiger partial charge < -0.3 is 5.11 Å². The third-order valence-electron chi connectivity index (χ3n) is 1.57. The van der Waals surface area contributed by atoms with Crippen molar-refractivity contribution in [1.29, 1.82) is 0 Å². The predicted octanol–water partition coefficient (Wildman–Crippen LogP) is 0.532. The first-order valence-corrected chi connectivity index (χ1v) is 6.04. The SMILES string of the molecule is C=CC(=O)C(C)(C)CS(=O)(=O)O.C=CC(=O)O.[Na]. The van der Waals surface area contributed by atoms with Crippen molar-refractivity contribution in [3.63, 3.8) is 0 Å². The number of carbonyl (C=O) groups excluding carboxylic acids is 1. The van der Waals surface area contributed by atoms with E-state index in [2.05, 4.69) is 13.2 Å². The number of carbonyl (C=O) groups is 2. The number of ketones is 1. The van der Waals surface area contributed by atoms with Gasteiger partial charge in [0, 0.05) is 41.0 Å². The molecular weight excluding hydrogens is 271 g/mol. The second-order valence-electron chi connectivity index (χ2n) is 3.72. The average Bonchev–Trinajstić information content (AvgIpc) is 2.13. The monoisotopic (exact) mass is 287 g/mol. The third kappa shape index (κ3) is 13.6. The Hall–Kier alpha value is -0.470. The first-order chi connectivity index (χ1) is 7.46. The summed E-state index contributed by atoms with van der Waals surface area (Å²) >= 11 is 0. The number of allylic oxidation sites excluding steroid dienone is 1. The van der Waals surface area contributed by atoms with Crippen molar-refractivity contribution in [1.82, 2.24) is 0 Å². The minimum Gasteiger partial charge on any atom is -0.478 e. The van der Waals surface area contributed by atoms with E-state index in [9.17, 15) is 18.0 Å². The van der Waals surface area contributed by atoms with Crippen molar-refractivity contribution in [2.45, 2.75) is 13.8 Å². The summed E-state index contributed by atoms with van der Waals surface area (Å²) in [4.78, 5) is 20.3. The molecule has 0 aliphatic rings. The van der Waals surface area contributed by atoms with E-state index < -0.39 is 33.0 Å². The van der Waals surface area contributed by atoms with Crippen LogP contribution in [0.4, 0.5) is 0 Å². The molecule has 0 heterocycles. The van der Waals surface area contributed by atoms with Crippen molar-refractivity contribution in [3.05, 3.63) is 25.3 Å². The number of carboxylic acids is 1. The first kappa shape index (κ1) is 22.7. The van der Waals surface area contributed by atoms with Gasteiger partial charge >= 0.3 is 5.97 Å². The summed E-state index contributed by atoms with van der Waals surface area (Å²) < 4.78 is 29.4. The predicted molar refractivity (Wildman–Crippen MR) is 69.0 cm³/mol. The molecule has 0 aromatic rings. The van der Waals surface area contributed by atoms with E-state index >= 15 is 0 Å². The molecule has 0 aromatic carbocycles. The normalized spacial score (nSPS) is 10.2. The average molecular weight is 287 g/mol. The van der Waals surface area contributed by atoms with Crippen LogP contribution in [0.1, 0.15) is 13.8 Å². The van der Waals surface area contributed by atoms with Crippen molar-refractivity contribution >= 4 is 51.4 Å². The van der Waals surface area contributed by atoms with Gasteiger partial charge in [-0.25, -0.2) is 4.79 Å². The zero-order valence-corrected chi connectivity index (χ0v) is 13.5. The fourth-order valence-corrected chi connectivity index (χ4v) is 1.86. The van der Waals surface area contributed by atoms with Crippen LogP contribution in [0.5, 0.6) is 0 Å². The Morgan fingerprint density at radius 1 is 1.22 bits per heavy atom.